The minimum Gasteiger partial charge on any atom is -0.382 e. The first-order chi connectivity index (χ1) is 8.66. The number of primary amides is 1. The standard InChI is InChI=1S/C9H7N7OS/c10-6-5-8(13-2-12-6)16(3-14-5)9-15-4(1-18-9)7(11)17/h1-3H,(H2,11,17)(H2,10,12,13). The lowest BCUT2D eigenvalue weighted by atomic mass is 10.5. The molecule has 3 aromatic rings. The van der Waals surface area contributed by atoms with E-state index in [0.29, 0.717) is 22.1 Å². The molecule has 0 aliphatic heterocycles. The molecule has 0 saturated heterocycles. The smallest absolute Gasteiger partial charge is 0.268 e. The Morgan fingerprint density at radius 2 is 2.17 bits per heavy atom. The molecule has 9 heteroatoms. The predicted molar refractivity (Wildman–Crippen MR) is 65.3 cm³/mol. The van der Waals surface area contributed by atoms with E-state index in [4.69, 9.17) is 11.5 Å². The number of aromatic nitrogens is 5. The van der Waals surface area contributed by atoms with E-state index in [0.717, 1.165) is 0 Å². The number of hydrogen-bond donors (Lipinski definition) is 2. The minimum atomic E-state index is -0.573. The van der Waals surface area contributed by atoms with Crippen molar-refractivity contribution in [1.29, 1.82) is 0 Å². The summed E-state index contributed by atoms with van der Waals surface area (Å²) in [6.07, 6.45) is 2.87. The van der Waals surface area contributed by atoms with Crippen LogP contribution in [0, 0.1) is 0 Å². The first-order valence-electron chi connectivity index (χ1n) is 4.86. The average Bonchev–Trinajstić information content (AvgIpc) is 2.94. The van der Waals surface area contributed by atoms with E-state index >= 15 is 0 Å². The maximum absolute atomic E-state index is 11.0. The molecule has 0 saturated carbocycles. The van der Waals surface area contributed by atoms with Crippen molar-refractivity contribution in [2.75, 3.05) is 5.73 Å². The molecule has 4 N–H and O–H groups in total. The van der Waals surface area contributed by atoms with Gasteiger partial charge in [-0.25, -0.2) is 19.9 Å². The van der Waals surface area contributed by atoms with Crippen LogP contribution in [0.1, 0.15) is 10.5 Å². The molecular formula is C9H7N7OS. The highest BCUT2D eigenvalue weighted by Crippen LogP contribution is 2.21. The van der Waals surface area contributed by atoms with Crippen LogP contribution in [0.15, 0.2) is 18.0 Å². The first-order valence-corrected chi connectivity index (χ1v) is 5.74. The zero-order valence-electron chi connectivity index (χ0n) is 8.94. The van der Waals surface area contributed by atoms with E-state index < -0.39 is 5.91 Å². The molecule has 0 aliphatic rings. The van der Waals surface area contributed by atoms with Crippen LogP contribution < -0.4 is 11.5 Å². The van der Waals surface area contributed by atoms with E-state index in [9.17, 15) is 4.79 Å². The maximum Gasteiger partial charge on any atom is 0.268 e. The molecule has 0 fully saturated rings. The van der Waals surface area contributed by atoms with Crippen molar-refractivity contribution >= 4 is 34.2 Å². The van der Waals surface area contributed by atoms with Gasteiger partial charge in [-0.05, 0) is 0 Å². The van der Waals surface area contributed by atoms with Crippen LogP contribution in [0.25, 0.3) is 16.3 Å². The number of carbonyl (C=O) groups excluding carboxylic acids is 1. The van der Waals surface area contributed by atoms with Gasteiger partial charge in [0.15, 0.2) is 22.1 Å². The zero-order valence-corrected chi connectivity index (χ0v) is 9.76. The summed E-state index contributed by atoms with van der Waals surface area (Å²) in [5, 5.41) is 2.12. The van der Waals surface area contributed by atoms with Crippen LogP contribution in [-0.2, 0) is 0 Å². The van der Waals surface area contributed by atoms with E-state index in [1.807, 2.05) is 0 Å². The van der Waals surface area contributed by atoms with Crippen molar-refractivity contribution < 1.29 is 4.79 Å². The lowest BCUT2D eigenvalue weighted by Gasteiger charge is -1.97. The SMILES string of the molecule is NC(=O)c1csc(-n2cnc3c(N)ncnc32)n1. The zero-order chi connectivity index (χ0) is 12.7. The van der Waals surface area contributed by atoms with E-state index in [-0.39, 0.29) is 5.69 Å². The lowest BCUT2D eigenvalue weighted by molar-refractivity contribution is 0.0996. The molecule has 0 bridgehead atoms. The number of thiazole rings is 1. The van der Waals surface area contributed by atoms with E-state index in [1.54, 1.807) is 9.95 Å². The van der Waals surface area contributed by atoms with Gasteiger partial charge in [0.2, 0.25) is 0 Å². The number of nitrogen functional groups attached to an aromatic ring is 1. The van der Waals surface area contributed by atoms with Gasteiger partial charge >= 0.3 is 0 Å². The van der Waals surface area contributed by atoms with Gasteiger partial charge in [-0.3, -0.25) is 9.36 Å². The number of rotatable bonds is 2. The largest absolute Gasteiger partial charge is 0.382 e. The Hall–Kier alpha value is -2.55. The van der Waals surface area contributed by atoms with E-state index in [2.05, 4.69) is 19.9 Å². The monoisotopic (exact) mass is 261 g/mol. The number of amides is 1. The fraction of sp³-hybridized carbons (Fsp3) is 0. The molecule has 8 nitrogen and oxygen atoms in total. The van der Waals surface area contributed by atoms with Crippen molar-refractivity contribution in [1.82, 2.24) is 24.5 Å². The third-order valence-electron chi connectivity index (χ3n) is 2.31. The summed E-state index contributed by atoms with van der Waals surface area (Å²) in [5.41, 5.74) is 12.1. The van der Waals surface area contributed by atoms with Gasteiger partial charge in [0.05, 0.1) is 0 Å². The molecule has 0 aromatic carbocycles. The van der Waals surface area contributed by atoms with Crippen molar-refractivity contribution in [3.05, 3.63) is 23.7 Å². The number of nitrogens with two attached hydrogens (primary N) is 2. The minimum absolute atomic E-state index is 0.207. The van der Waals surface area contributed by atoms with Crippen LogP contribution in [0.4, 0.5) is 5.82 Å². The second-order valence-electron chi connectivity index (χ2n) is 3.43. The van der Waals surface area contributed by atoms with Crippen molar-refractivity contribution in [2.45, 2.75) is 0 Å². The third kappa shape index (κ3) is 1.49. The number of imidazole rings is 1. The Labute approximate surface area is 104 Å². The summed E-state index contributed by atoms with van der Waals surface area (Å²) in [4.78, 5) is 27.1. The van der Waals surface area contributed by atoms with Gasteiger partial charge in [-0.2, -0.15) is 0 Å². The van der Waals surface area contributed by atoms with Gasteiger partial charge in [0.1, 0.15) is 18.3 Å². The van der Waals surface area contributed by atoms with Gasteiger partial charge in [-0.1, -0.05) is 0 Å². The molecule has 0 aliphatic carbocycles. The van der Waals surface area contributed by atoms with Crippen molar-refractivity contribution in [3.63, 3.8) is 0 Å². The van der Waals surface area contributed by atoms with Crippen LogP contribution >= 0.6 is 11.3 Å². The molecule has 3 aromatic heterocycles. The summed E-state index contributed by atoms with van der Waals surface area (Å²) in [7, 11) is 0. The molecule has 3 rings (SSSR count). The van der Waals surface area contributed by atoms with Crippen LogP contribution in [0.2, 0.25) is 0 Å². The number of fused-ring (bicyclic) bond motifs is 1. The number of anilines is 1. The fourth-order valence-corrected chi connectivity index (χ4v) is 2.27. The lowest BCUT2D eigenvalue weighted by Crippen LogP contribution is -2.11. The van der Waals surface area contributed by atoms with Crippen LogP contribution in [0.5, 0.6) is 0 Å². The molecule has 90 valence electrons. The molecule has 0 unspecified atom stereocenters. The predicted octanol–water partition coefficient (Wildman–Crippen LogP) is -0.0469. The van der Waals surface area contributed by atoms with Gasteiger partial charge in [0.25, 0.3) is 5.91 Å². The average molecular weight is 261 g/mol. The topological polar surface area (TPSA) is 126 Å². The number of carbonyl (C=O) groups is 1. The van der Waals surface area contributed by atoms with Crippen LogP contribution in [-0.4, -0.2) is 30.4 Å². The number of nitrogens with zero attached hydrogens (tertiary/aromatic N) is 5. The van der Waals surface area contributed by atoms with E-state index in [1.165, 1.54) is 24.0 Å². The maximum atomic E-state index is 11.0. The summed E-state index contributed by atoms with van der Waals surface area (Å²) in [5.74, 6) is -0.276. The Morgan fingerprint density at radius 3 is 2.89 bits per heavy atom. The molecular weight excluding hydrogens is 254 g/mol. The molecule has 0 atom stereocenters. The van der Waals surface area contributed by atoms with Crippen molar-refractivity contribution in [3.8, 4) is 5.13 Å². The van der Waals surface area contributed by atoms with Crippen molar-refractivity contribution in [2.24, 2.45) is 5.73 Å². The highest BCUT2D eigenvalue weighted by atomic mass is 32.1. The molecule has 0 radical (unpaired) electrons. The number of hydrogen-bond acceptors (Lipinski definition) is 7. The molecule has 18 heavy (non-hydrogen) atoms. The van der Waals surface area contributed by atoms with Gasteiger partial charge < -0.3 is 11.5 Å². The second kappa shape index (κ2) is 3.74. The Bertz CT molecular complexity index is 746. The van der Waals surface area contributed by atoms with Gasteiger partial charge in [-0.15, -0.1) is 11.3 Å². The second-order valence-corrected chi connectivity index (χ2v) is 4.26. The summed E-state index contributed by atoms with van der Waals surface area (Å²) >= 11 is 1.27. The summed E-state index contributed by atoms with van der Waals surface area (Å²) in [6.45, 7) is 0. The quantitative estimate of drug-likeness (QED) is 0.666. The highest BCUT2D eigenvalue weighted by Gasteiger charge is 2.13. The fourth-order valence-electron chi connectivity index (χ4n) is 1.48. The molecule has 0 spiro atoms. The Morgan fingerprint density at radius 1 is 1.33 bits per heavy atom. The summed E-state index contributed by atoms with van der Waals surface area (Å²) < 4.78 is 1.63. The normalized spacial score (nSPS) is 10.9. The third-order valence-corrected chi connectivity index (χ3v) is 3.15. The highest BCUT2D eigenvalue weighted by molar-refractivity contribution is 7.12. The Balaban J connectivity index is 2.19. The molecule has 1 amide bonds. The molecule has 3 heterocycles. The van der Waals surface area contributed by atoms with Crippen LogP contribution in [0.3, 0.4) is 0 Å². The van der Waals surface area contributed by atoms with Gasteiger partial charge in [0, 0.05) is 5.38 Å². The summed E-state index contributed by atoms with van der Waals surface area (Å²) in [6, 6.07) is 0. The first kappa shape index (κ1) is 10.6. The Kier molecular flexibility index (Phi) is 2.20.